The molecule has 0 radical (unpaired) electrons. The summed E-state index contributed by atoms with van der Waals surface area (Å²) in [6, 6.07) is 16.1. The molecule has 2 aromatic carbocycles. The van der Waals surface area contributed by atoms with Crippen LogP contribution in [0.4, 0.5) is 0 Å². The SMILES string of the molecule is O=C(N[C@H]1CCN(Cc2ccccc2)C1)[C@@H]1Cc2cc(Cl)ccc2O1. The second-order valence-corrected chi connectivity index (χ2v) is 7.21. The summed E-state index contributed by atoms with van der Waals surface area (Å²) in [6.45, 7) is 2.81. The van der Waals surface area contributed by atoms with Crippen molar-refractivity contribution in [2.75, 3.05) is 13.1 Å². The largest absolute Gasteiger partial charge is 0.480 e. The van der Waals surface area contributed by atoms with Crippen molar-refractivity contribution in [3.05, 3.63) is 64.7 Å². The van der Waals surface area contributed by atoms with E-state index < -0.39 is 6.10 Å². The molecule has 0 aliphatic carbocycles. The number of nitrogens with zero attached hydrogens (tertiary/aromatic N) is 1. The molecule has 1 fully saturated rings. The van der Waals surface area contributed by atoms with E-state index in [1.54, 1.807) is 6.07 Å². The minimum Gasteiger partial charge on any atom is -0.480 e. The van der Waals surface area contributed by atoms with Gasteiger partial charge < -0.3 is 10.1 Å². The lowest BCUT2D eigenvalue weighted by molar-refractivity contribution is -0.127. The molecule has 0 saturated carbocycles. The van der Waals surface area contributed by atoms with E-state index in [4.69, 9.17) is 16.3 Å². The smallest absolute Gasteiger partial charge is 0.261 e. The standard InChI is InChI=1S/C20H21ClN2O2/c21-16-6-7-18-15(10-16)11-19(25-18)20(24)22-17-8-9-23(13-17)12-14-4-2-1-3-5-14/h1-7,10,17,19H,8-9,11-13H2,(H,22,24)/t17-,19-/m0/s1. The molecular weight excluding hydrogens is 336 g/mol. The van der Waals surface area contributed by atoms with Gasteiger partial charge in [0.15, 0.2) is 6.10 Å². The Balaban J connectivity index is 1.29. The molecule has 25 heavy (non-hydrogen) atoms. The van der Waals surface area contributed by atoms with Crippen LogP contribution >= 0.6 is 11.6 Å². The average molecular weight is 357 g/mol. The van der Waals surface area contributed by atoms with Crippen molar-refractivity contribution in [3.8, 4) is 5.75 Å². The van der Waals surface area contributed by atoms with Gasteiger partial charge in [0.1, 0.15) is 5.75 Å². The summed E-state index contributed by atoms with van der Waals surface area (Å²) in [5.41, 5.74) is 2.31. The summed E-state index contributed by atoms with van der Waals surface area (Å²) < 4.78 is 5.77. The summed E-state index contributed by atoms with van der Waals surface area (Å²) in [5.74, 6) is 0.737. The van der Waals surface area contributed by atoms with Crippen molar-refractivity contribution in [1.29, 1.82) is 0 Å². The summed E-state index contributed by atoms with van der Waals surface area (Å²) in [4.78, 5) is 14.9. The number of hydrogen-bond acceptors (Lipinski definition) is 3. The highest BCUT2D eigenvalue weighted by atomic mass is 35.5. The van der Waals surface area contributed by atoms with Crippen molar-refractivity contribution in [1.82, 2.24) is 10.2 Å². The molecule has 1 amide bonds. The Labute approximate surface area is 152 Å². The van der Waals surface area contributed by atoms with Crippen LogP contribution in [0.1, 0.15) is 17.5 Å². The van der Waals surface area contributed by atoms with E-state index in [9.17, 15) is 4.79 Å². The minimum atomic E-state index is -0.448. The van der Waals surface area contributed by atoms with E-state index in [0.717, 1.165) is 37.4 Å². The van der Waals surface area contributed by atoms with Crippen molar-refractivity contribution >= 4 is 17.5 Å². The van der Waals surface area contributed by atoms with Gasteiger partial charge in [0.25, 0.3) is 5.91 Å². The fourth-order valence-electron chi connectivity index (χ4n) is 3.59. The van der Waals surface area contributed by atoms with Crippen LogP contribution in [0.15, 0.2) is 48.5 Å². The maximum atomic E-state index is 12.5. The monoisotopic (exact) mass is 356 g/mol. The van der Waals surface area contributed by atoms with Gasteiger partial charge in [-0.15, -0.1) is 0 Å². The normalized spacial score (nSPS) is 22.4. The number of amides is 1. The predicted molar refractivity (Wildman–Crippen MR) is 97.8 cm³/mol. The predicted octanol–water partition coefficient (Wildman–Crippen LogP) is 3.03. The number of likely N-dealkylation sites (tertiary alicyclic amines) is 1. The Kier molecular flexibility index (Phi) is 4.64. The van der Waals surface area contributed by atoms with Gasteiger partial charge in [-0.2, -0.15) is 0 Å². The Morgan fingerprint density at radius 3 is 2.92 bits per heavy atom. The highest BCUT2D eigenvalue weighted by molar-refractivity contribution is 6.30. The van der Waals surface area contributed by atoms with E-state index >= 15 is 0 Å². The molecule has 4 rings (SSSR count). The molecule has 2 aromatic rings. The molecule has 0 spiro atoms. The summed E-state index contributed by atoms with van der Waals surface area (Å²) in [7, 11) is 0. The van der Waals surface area contributed by atoms with Gasteiger partial charge in [-0.1, -0.05) is 41.9 Å². The zero-order valence-electron chi connectivity index (χ0n) is 14.0. The quantitative estimate of drug-likeness (QED) is 0.915. The second kappa shape index (κ2) is 7.06. The molecule has 2 aliphatic rings. The first-order valence-electron chi connectivity index (χ1n) is 8.69. The van der Waals surface area contributed by atoms with E-state index in [0.29, 0.717) is 11.4 Å². The van der Waals surface area contributed by atoms with Gasteiger partial charge >= 0.3 is 0 Å². The van der Waals surface area contributed by atoms with E-state index in [1.165, 1.54) is 5.56 Å². The lowest BCUT2D eigenvalue weighted by Crippen LogP contribution is -2.44. The fourth-order valence-corrected chi connectivity index (χ4v) is 3.79. The first-order chi connectivity index (χ1) is 12.2. The van der Waals surface area contributed by atoms with Crippen LogP contribution in [0.2, 0.25) is 5.02 Å². The molecule has 1 N–H and O–H groups in total. The number of nitrogens with one attached hydrogen (secondary N) is 1. The van der Waals surface area contributed by atoms with Crippen LogP contribution in [-0.2, 0) is 17.8 Å². The Hall–Kier alpha value is -2.04. The first-order valence-corrected chi connectivity index (χ1v) is 9.07. The van der Waals surface area contributed by atoms with Crippen molar-refractivity contribution in [3.63, 3.8) is 0 Å². The van der Waals surface area contributed by atoms with Gasteiger partial charge in [-0.3, -0.25) is 9.69 Å². The lowest BCUT2D eigenvalue weighted by atomic mass is 10.1. The molecule has 0 aromatic heterocycles. The number of carbonyl (C=O) groups excluding carboxylic acids is 1. The van der Waals surface area contributed by atoms with Gasteiger partial charge in [-0.25, -0.2) is 0 Å². The number of rotatable bonds is 4. The number of fused-ring (bicyclic) bond motifs is 1. The number of hydrogen-bond donors (Lipinski definition) is 1. The van der Waals surface area contributed by atoms with Gasteiger partial charge in [0, 0.05) is 37.1 Å². The van der Waals surface area contributed by atoms with Crippen LogP contribution in [0.25, 0.3) is 0 Å². The summed E-state index contributed by atoms with van der Waals surface area (Å²) >= 11 is 6.01. The zero-order valence-corrected chi connectivity index (χ0v) is 14.7. The van der Waals surface area contributed by atoms with Crippen LogP contribution in [0, 0.1) is 0 Å². The molecule has 1 saturated heterocycles. The van der Waals surface area contributed by atoms with E-state index in [-0.39, 0.29) is 11.9 Å². The molecule has 2 aliphatic heterocycles. The maximum Gasteiger partial charge on any atom is 0.261 e. The third-order valence-electron chi connectivity index (χ3n) is 4.86. The molecule has 2 heterocycles. The number of benzene rings is 2. The Morgan fingerprint density at radius 1 is 1.24 bits per heavy atom. The minimum absolute atomic E-state index is 0.0288. The molecular formula is C20H21ClN2O2. The zero-order chi connectivity index (χ0) is 17.2. The van der Waals surface area contributed by atoms with Crippen molar-refractivity contribution < 1.29 is 9.53 Å². The van der Waals surface area contributed by atoms with Crippen molar-refractivity contribution in [2.24, 2.45) is 0 Å². The van der Waals surface area contributed by atoms with Gasteiger partial charge in [-0.05, 0) is 35.7 Å². The number of carbonyl (C=O) groups is 1. The molecule has 0 unspecified atom stereocenters. The fraction of sp³-hybridized carbons (Fsp3) is 0.350. The van der Waals surface area contributed by atoms with Crippen molar-refractivity contribution in [2.45, 2.75) is 31.5 Å². The molecule has 5 heteroatoms. The number of ether oxygens (including phenoxy) is 1. The first kappa shape index (κ1) is 16.4. The maximum absolute atomic E-state index is 12.5. The Morgan fingerprint density at radius 2 is 2.08 bits per heavy atom. The van der Waals surface area contributed by atoms with Crippen LogP contribution in [-0.4, -0.2) is 36.0 Å². The van der Waals surface area contributed by atoms with Crippen LogP contribution in [0.3, 0.4) is 0 Å². The third kappa shape index (κ3) is 3.80. The highest BCUT2D eigenvalue weighted by Gasteiger charge is 2.32. The molecule has 130 valence electrons. The number of halogens is 1. The summed E-state index contributed by atoms with van der Waals surface area (Å²) in [6.07, 6.45) is 1.11. The van der Waals surface area contributed by atoms with Crippen LogP contribution in [0.5, 0.6) is 5.75 Å². The second-order valence-electron chi connectivity index (χ2n) is 6.78. The Bertz CT molecular complexity index is 766. The topological polar surface area (TPSA) is 41.6 Å². The molecule has 0 bridgehead atoms. The van der Waals surface area contributed by atoms with Crippen LogP contribution < -0.4 is 10.1 Å². The van der Waals surface area contributed by atoms with E-state index in [1.807, 2.05) is 18.2 Å². The summed E-state index contributed by atoms with van der Waals surface area (Å²) in [5, 5.41) is 3.82. The average Bonchev–Trinajstić information content (AvgIpc) is 3.22. The van der Waals surface area contributed by atoms with Gasteiger partial charge in [0.05, 0.1) is 0 Å². The van der Waals surface area contributed by atoms with E-state index in [2.05, 4.69) is 34.5 Å². The highest BCUT2D eigenvalue weighted by Crippen LogP contribution is 2.31. The lowest BCUT2D eigenvalue weighted by Gasteiger charge is -2.18. The molecule has 2 atom stereocenters. The third-order valence-corrected chi connectivity index (χ3v) is 5.09. The van der Waals surface area contributed by atoms with Gasteiger partial charge in [0.2, 0.25) is 0 Å². The molecule has 4 nitrogen and oxygen atoms in total.